The van der Waals surface area contributed by atoms with Crippen molar-refractivity contribution in [1.82, 2.24) is 4.98 Å². The summed E-state index contributed by atoms with van der Waals surface area (Å²) in [4.78, 5) is 15.0. The summed E-state index contributed by atoms with van der Waals surface area (Å²) in [6.07, 6.45) is 0.934. The van der Waals surface area contributed by atoms with Gasteiger partial charge in [-0.15, -0.1) is 15.7 Å². The number of carboxylic acid groups (broad SMARTS) is 1. The third-order valence-electron chi connectivity index (χ3n) is 3.68. The van der Waals surface area contributed by atoms with Crippen LogP contribution in [0, 0.1) is 0 Å². The van der Waals surface area contributed by atoms with Crippen molar-refractivity contribution < 1.29 is 45.9 Å². The van der Waals surface area contributed by atoms with Crippen LogP contribution < -0.4 is 4.72 Å². The molecule has 1 aromatic heterocycles. The van der Waals surface area contributed by atoms with E-state index in [4.69, 9.17) is 5.26 Å². The number of rotatable bonds is 8. The minimum atomic E-state index is -4.88. The smallest absolute Gasteiger partial charge is 0.337 e. The van der Waals surface area contributed by atoms with E-state index in [1.165, 1.54) is 24.3 Å². The molecule has 0 unspecified atom stereocenters. The fraction of sp³-hybridized carbons (Fsp3) is 0.0667. The number of fused-ring (bicyclic) bond motifs is 1. The maximum Gasteiger partial charge on any atom is 0.337 e. The van der Waals surface area contributed by atoms with Gasteiger partial charge in [-0.2, -0.15) is 8.42 Å². The Morgan fingerprint density at radius 2 is 1.90 bits per heavy atom. The number of aromatic carboxylic acids is 1. The molecule has 0 aliphatic heterocycles. The van der Waals surface area contributed by atoms with E-state index in [0.717, 1.165) is 23.7 Å². The molecule has 3 aromatic rings. The summed E-state index contributed by atoms with van der Waals surface area (Å²) >= 11 is 1.29. The summed E-state index contributed by atoms with van der Waals surface area (Å²) < 4.78 is 62.8. The summed E-state index contributed by atoms with van der Waals surface area (Å²) in [6, 6.07) is 6.58. The molecule has 0 aliphatic rings. The van der Waals surface area contributed by atoms with Gasteiger partial charge in [0.2, 0.25) is 10.0 Å². The van der Waals surface area contributed by atoms with Crippen LogP contribution in [0.3, 0.4) is 0 Å². The van der Waals surface area contributed by atoms with Gasteiger partial charge < -0.3 is 5.11 Å². The Balaban J connectivity index is 2.18. The molecule has 0 fully saturated rings. The second-order valence-electron chi connectivity index (χ2n) is 5.90. The summed E-state index contributed by atoms with van der Waals surface area (Å²) in [6.45, 7) is 0. The van der Waals surface area contributed by atoms with Gasteiger partial charge in [-0.3, -0.25) is 9.27 Å². The highest BCUT2D eigenvalue weighted by atomic mass is 32.2. The number of thiazole rings is 1. The van der Waals surface area contributed by atoms with Crippen molar-refractivity contribution >= 4 is 65.4 Å². The van der Waals surface area contributed by atoms with Crippen LogP contribution in [0.15, 0.2) is 40.1 Å². The van der Waals surface area contributed by atoms with Crippen LogP contribution in [-0.4, -0.2) is 49.0 Å². The van der Waals surface area contributed by atoms with Gasteiger partial charge in [0.05, 0.1) is 44.7 Å². The molecule has 0 radical (unpaired) electrons. The number of anilines is 1. The third-order valence-corrected chi connectivity index (χ3v) is 7.12. The second-order valence-corrected chi connectivity index (χ2v) is 10.7. The monoisotopic (exact) mass is 508 g/mol. The summed E-state index contributed by atoms with van der Waals surface area (Å²) in [7, 11) is -8.52. The first-order valence-corrected chi connectivity index (χ1v) is 12.7. The van der Waals surface area contributed by atoms with E-state index in [1.807, 2.05) is 0 Å². The zero-order chi connectivity index (χ0) is 23.0. The minimum Gasteiger partial charge on any atom is -0.478 e. The Morgan fingerprint density at radius 3 is 2.48 bits per heavy atom. The number of aromatic nitrogens is 1. The lowest BCUT2D eigenvalue weighted by Crippen LogP contribution is -2.10. The van der Waals surface area contributed by atoms with Gasteiger partial charge in [-0.25, -0.2) is 23.5 Å². The maximum absolute atomic E-state index is 11.8. The van der Waals surface area contributed by atoms with Crippen LogP contribution >= 0.6 is 23.4 Å². The van der Waals surface area contributed by atoms with Crippen molar-refractivity contribution in [2.24, 2.45) is 0 Å². The Bertz CT molecular complexity index is 1380. The van der Waals surface area contributed by atoms with Crippen molar-refractivity contribution in [2.45, 2.75) is 9.79 Å². The number of sulfonamides is 1. The van der Waals surface area contributed by atoms with Gasteiger partial charge in [-0.05, 0) is 30.3 Å². The number of carboxylic acids is 1. The van der Waals surface area contributed by atoms with E-state index in [-0.39, 0.29) is 25.8 Å². The van der Waals surface area contributed by atoms with Crippen molar-refractivity contribution in [3.05, 3.63) is 35.9 Å². The van der Waals surface area contributed by atoms with E-state index in [2.05, 4.69) is 19.1 Å². The van der Waals surface area contributed by atoms with Gasteiger partial charge in [0.1, 0.15) is 9.90 Å². The topological polar surface area (TPSA) is 189 Å². The number of carbonyl (C=O) groups is 1. The molecule has 0 atom stereocenters. The van der Waals surface area contributed by atoms with Crippen LogP contribution in [0.25, 0.3) is 20.8 Å². The van der Waals surface area contributed by atoms with Crippen molar-refractivity contribution in [2.75, 3.05) is 11.0 Å². The van der Waals surface area contributed by atoms with Crippen LogP contribution in [-0.2, 0) is 29.5 Å². The number of hydrogen-bond donors (Lipinski definition) is 4. The van der Waals surface area contributed by atoms with Gasteiger partial charge in [-0.1, -0.05) is 5.04 Å². The summed E-state index contributed by atoms with van der Waals surface area (Å²) in [5.41, 5.74) is -0.00796. The van der Waals surface area contributed by atoms with Crippen LogP contribution in [0.4, 0.5) is 5.69 Å². The van der Waals surface area contributed by atoms with Crippen LogP contribution in [0.5, 0.6) is 0 Å². The predicted molar refractivity (Wildman–Crippen MR) is 111 cm³/mol. The standard InChI is InChI=1S/C15H12N2O10S4/c1-30(21,22)17-9-4-2-7(6-11(9)29-27-26-20)14-16-10-5-3-8(15(18)19)13(12(10)28-14)31(23,24)25/h2-6,17,20H,1H3,(H,18,19)(H,23,24,25). The van der Waals surface area contributed by atoms with Crippen molar-refractivity contribution in [3.63, 3.8) is 0 Å². The lowest BCUT2D eigenvalue weighted by Gasteiger charge is -2.10. The SMILES string of the molecule is CS(=O)(=O)Nc1ccc(-c2nc3ccc(C(=O)O)c(S(=O)(=O)O)c3s2)cc1SOOO. The molecule has 16 heteroatoms. The lowest BCUT2D eigenvalue weighted by molar-refractivity contribution is -0.432. The van der Waals surface area contributed by atoms with E-state index in [1.54, 1.807) is 0 Å². The molecule has 0 saturated heterocycles. The molecule has 3 rings (SSSR count). The number of benzene rings is 2. The van der Waals surface area contributed by atoms with Gasteiger partial charge in [0, 0.05) is 5.56 Å². The third kappa shape index (κ3) is 5.31. The molecular formula is C15H12N2O10S4. The minimum absolute atomic E-state index is 0.0696. The van der Waals surface area contributed by atoms with Gasteiger partial charge in [0.15, 0.2) is 0 Å². The zero-order valence-corrected chi connectivity index (χ0v) is 18.4. The fourth-order valence-electron chi connectivity index (χ4n) is 2.58. The predicted octanol–water partition coefficient (Wildman–Crippen LogP) is 2.71. The summed E-state index contributed by atoms with van der Waals surface area (Å²) in [5, 5.41) is 21.4. The van der Waals surface area contributed by atoms with Gasteiger partial charge >= 0.3 is 5.97 Å². The van der Waals surface area contributed by atoms with E-state index in [0.29, 0.717) is 17.6 Å². The fourth-order valence-corrected chi connectivity index (χ4v) is 5.92. The average molecular weight is 509 g/mol. The highest BCUT2D eigenvalue weighted by molar-refractivity contribution is 7.95. The first-order valence-electron chi connectivity index (χ1n) is 7.82. The zero-order valence-electron chi connectivity index (χ0n) is 15.2. The molecule has 1 heterocycles. The molecule has 12 nitrogen and oxygen atoms in total. The molecular weight excluding hydrogens is 496 g/mol. The molecule has 0 aliphatic carbocycles. The normalized spacial score (nSPS) is 12.2. The molecule has 0 spiro atoms. The van der Waals surface area contributed by atoms with E-state index < -0.39 is 36.6 Å². The molecule has 166 valence electrons. The van der Waals surface area contributed by atoms with Crippen LogP contribution in [0.2, 0.25) is 0 Å². The van der Waals surface area contributed by atoms with Crippen molar-refractivity contribution in [3.8, 4) is 10.6 Å². The van der Waals surface area contributed by atoms with Crippen LogP contribution in [0.1, 0.15) is 10.4 Å². The Hall–Kier alpha value is -2.31. The number of nitrogens with zero attached hydrogens (tertiary/aromatic N) is 1. The van der Waals surface area contributed by atoms with E-state index in [9.17, 15) is 31.3 Å². The Morgan fingerprint density at radius 1 is 1.19 bits per heavy atom. The summed E-state index contributed by atoms with van der Waals surface area (Å²) in [5.74, 6) is -1.54. The Labute approximate surface area is 183 Å². The van der Waals surface area contributed by atoms with E-state index >= 15 is 0 Å². The molecule has 2 aromatic carbocycles. The van der Waals surface area contributed by atoms with Gasteiger partial charge in [0.25, 0.3) is 10.1 Å². The molecule has 31 heavy (non-hydrogen) atoms. The molecule has 4 N–H and O–H groups in total. The van der Waals surface area contributed by atoms with Crippen molar-refractivity contribution in [1.29, 1.82) is 0 Å². The largest absolute Gasteiger partial charge is 0.478 e. The second kappa shape index (κ2) is 8.67. The molecule has 0 amide bonds. The maximum atomic E-state index is 11.8. The molecule has 0 saturated carbocycles. The average Bonchev–Trinajstić information content (AvgIpc) is 3.08. The number of nitrogens with one attached hydrogen (secondary N) is 1. The lowest BCUT2D eigenvalue weighted by atomic mass is 10.2. The highest BCUT2D eigenvalue weighted by Crippen LogP contribution is 2.39. The first-order chi connectivity index (χ1) is 14.4. The quantitative estimate of drug-likeness (QED) is 0.151. The Kier molecular flexibility index (Phi) is 6.53. The molecule has 0 bridgehead atoms. The highest BCUT2D eigenvalue weighted by Gasteiger charge is 2.26. The first kappa shape index (κ1) is 23.4. The number of hydrogen-bond acceptors (Lipinski definition) is 11.